The number of hydrogen-bond donors (Lipinski definition) is 1. The molecule has 4 nitrogen and oxygen atoms in total. The number of primary amides is 1. The van der Waals surface area contributed by atoms with Crippen molar-refractivity contribution in [2.24, 2.45) is 11.7 Å². The summed E-state index contributed by atoms with van der Waals surface area (Å²) in [6, 6.07) is 6.29. The van der Waals surface area contributed by atoms with Crippen molar-refractivity contribution < 1.29 is 14.0 Å². The van der Waals surface area contributed by atoms with Gasteiger partial charge in [-0.2, -0.15) is 0 Å². The van der Waals surface area contributed by atoms with Crippen LogP contribution >= 0.6 is 0 Å². The monoisotopic (exact) mass is 304 g/mol. The summed E-state index contributed by atoms with van der Waals surface area (Å²) >= 11 is 0. The Morgan fingerprint density at radius 2 is 1.73 bits per heavy atom. The highest BCUT2D eigenvalue weighted by molar-refractivity contribution is 5.89. The second-order valence-electron chi connectivity index (χ2n) is 6.41. The molecule has 3 rings (SSSR count). The van der Waals surface area contributed by atoms with Gasteiger partial charge in [-0.1, -0.05) is 18.6 Å². The van der Waals surface area contributed by atoms with Crippen LogP contribution in [0.4, 0.5) is 4.39 Å². The molecule has 0 spiro atoms. The molecule has 0 atom stereocenters. The van der Waals surface area contributed by atoms with Crippen LogP contribution in [0.1, 0.15) is 37.7 Å². The summed E-state index contributed by atoms with van der Waals surface area (Å²) in [6.45, 7) is 1.16. The van der Waals surface area contributed by atoms with Crippen LogP contribution in [0.3, 0.4) is 0 Å². The molecule has 0 unspecified atom stereocenters. The fourth-order valence-electron chi connectivity index (χ4n) is 3.60. The maximum atomic E-state index is 13.1. The van der Waals surface area contributed by atoms with Crippen LogP contribution in [0.2, 0.25) is 0 Å². The average Bonchev–Trinajstić information content (AvgIpc) is 2.48. The highest BCUT2D eigenvalue weighted by Gasteiger charge is 2.48. The Bertz CT molecular complexity index is 573. The second kappa shape index (κ2) is 5.71. The van der Waals surface area contributed by atoms with Gasteiger partial charge in [-0.05, 0) is 43.4 Å². The number of likely N-dealkylation sites (tertiary alicyclic amines) is 1. The number of benzene rings is 1. The third kappa shape index (κ3) is 2.49. The van der Waals surface area contributed by atoms with Gasteiger partial charge >= 0.3 is 0 Å². The van der Waals surface area contributed by atoms with Gasteiger partial charge in [0.15, 0.2) is 0 Å². The minimum Gasteiger partial charge on any atom is -0.369 e. The first-order chi connectivity index (χ1) is 10.5. The van der Waals surface area contributed by atoms with Crippen LogP contribution in [-0.4, -0.2) is 29.8 Å². The van der Waals surface area contributed by atoms with Crippen LogP contribution in [0, 0.1) is 11.7 Å². The van der Waals surface area contributed by atoms with Crippen molar-refractivity contribution in [2.45, 2.75) is 37.5 Å². The molecule has 22 heavy (non-hydrogen) atoms. The van der Waals surface area contributed by atoms with Crippen LogP contribution in [0.5, 0.6) is 0 Å². The third-order valence-corrected chi connectivity index (χ3v) is 5.20. The van der Waals surface area contributed by atoms with E-state index in [0.717, 1.165) is 24.8 Å². The van der Waals surface area contributed by atoms with Gasteiger partial charge in [0.1, 0.15) is 5.82 Å². The molecule has 2 amide bonds. The van der Waals surface area contributed by atoms with Gasteiger partial charge in [0.2, 0.25) is 11.8 Å². The summed E-state index contributed by atoms with van der Waals surface area (Å²) in [6.07, 6.45) is 3.92. The number of nitrogens with two attached hydrogens (primary N) is 1. The van der Waals surface area contributed by atoms with Crippen LogP contribution in [0.15, 0.2) is 24.3 Å². The van der Waals surface area contributed by atoms with Crippen molar-refractivity contribution in [1.82, 2.24) is 4.90 Å². The number of carbonyl (C=O) groups excluding carboxylic acids is 2. The molecule has 1 aromatic rings. The molecule has 1 saturated carbocycles. The highest BCUT2D eigenvalue weighted by Crippen LogP contribution is 2.45. The molecule has 1 aliphatic heterocycles. The van der Waals surface area contributed by atoms with E-state index in [1.165, 1.54) is 12.1 Å². The zero-order valence-electron chi connectivity index (χ0n) is 12.6. The Labute approximate surface area is 129 Å². The number of piperidine rings is 1. The molecule has 2 fully saturated rings. The molecular formula is C17H21FN2O2. The first-order valence-corrected chi connectivity index (χ1v) is 7.88. The Kier molecular flexibility index (Phi) is 3.89. The van der Waals surface area contributed by atoms with Gasteiger partial charge in [0, 0.05) is 19.0 Å². The van der Waals surface area contributed by atoms with Gasteiger partial charge in [0.05, 0.1) is 5.41 Å². The zero-order chi connectivity index (χ0) is 15.7. The Morgan fingerprint density at radius 3 is 2.18 bits per heavy atom. The van der Waals surface area contributed by atoms with E-state index in [9.17, 15) is 14.0 Å². The van der Waals surface area contributed by atoms with Gasteiger partial charge in [-0.25, -0.2) is 4.39 Å². The predicted octanol–water partition coefficient (Wildman–Crippen LogP) is 1.97. The minimum absolute atomic E-state index is 0.118. The minimum atomic E-state index is -0.493. The van der Waals surface area contributed by atoms with E-state index in [2.05, 4.69) is 0 Å². The van der Waals surface area contributed by atoms with Crippen molar-refractivity contribution in [3.63, 3.8) is 0 Å². The molecule has 2 N–H and O–H groups in total. The van der Waals surface area contributed by atoms with Crippen molar-refractivity contribution in [1.29, 1.82) is 0 Å². The van der Waals surface area contributed by atoms with E-state index < -0.39 is 5.41 Å². The third-order valence-electron chi connectivity index (χ3n) is 5.20. The zero-order valence-corrected chi connectivity index (χ0v) is 12.6. The van der Waals surface area contributed by atoms with Gasteiger partial charge in [-0.15, -0.1) is 0 Å². The average molecular weight is 304 g/mol. The van der Waals surface area contributed by atoms with Crippen LogP contribution in [0.25, 0.3) is 0 Å². The lowest BCUT2D eigenvalue weighted by molar-refractivity contribution is -0.143. The number of carbonyl (C=O) groups is 2. The number of halogens is 1. The van der Waals surface area contributed by atoms with Crippen LogP contribution < -0.4 is 5.73 Å². The summed E-state index contributed by atoms with van der Waals surface area (Å²) in [7, 11) is 0. The van der Waals surface area contributed by atoms with E-state index in [1.807, 2.05) is 4.90 Å². The summed E-state index contributed by atoms with van der Waals surface area (Å²) in [5, 5.41) is 0. The second-order valence-corrected chi connectivity index (χ2v) is 6.41. The van der Waals surface area contributed by atoms with Crippen molar-refractivity contribution >= 4 is 11.8 Å². The van der Waals surface area contributed by atoms with E-state index in [1.54, 1.807) is 12.1 Å². The summed E-state index contributed by atoms with van der Waals surface area (Å²) in [4.78, 5) is 26.1. The van der Waals surface area contributed by atoms with E-state index in [4.69, 9.17) is 5.73 Å². The van der Waals surface area contributed by atoms with Crippen molar-refractivity contribution in [3.8, 4) is 0 Å². The lowest BCUT2D eigenvalue weighted by Gasteiger charge is -2.45. The van der Waals surface area contributed by atoms with E-state index in [-0.39, 0.29) is 23.5 Å². The fraction of sp³-hybridized carbons (Fsp3) is 0.529. The number of hydrogen-bond acceptors (Lipinski definition) is 2. The molecular weight excluding hydrogens is 283 g/mol. The molecule has 0 bridgehead atoms. The lowest BCUT2D eigenvalue weighted by atomic mass is 9.63. The maximum absolute atomic E-state index is 13.1. The van der Waals surface area contributed by atoms with Crippen molar-refractivity contribution in [2.75, 3.05) is 13.1 Å². The largest absolute Gasteiger partial charge is 0.369 e. The SMILES string of the molecule is NC(=O)C1CCN(C(=O)C2(c3ccc(F)cc3)CCC2)CC1. The maximum Gasteiger partial charge on any atom is 0.233 e. The quantitative estimate of drug-likeness (QED) is 0.928. The molecule has 5 heteroatoms. The Balaban J connectivity index is 1.75. The van der Waals surface area contributed by atoms with Gasteiger partial charge in [0.25, 0.3) is 0 Å². The molecule has 1 saturated heterocycles. The highest BCUT2D eigenvalue weighted by atomic mass is 19.1. The molecule has 1 aliphatic carbocycles. The summed E-state index contributed by atoms with van der Waals surface area (Å²) in [5.74, 6) is -0.558. The van der Waals surface area contributed by atoms with Gasteiger partial charge in [-0.3, -0.25) is 9.59 Å². The number of nitrogens with zero attached hydrogens (tertiary/aromatic N) is 1. The topological polar surface area (TPSA) is 63.4 Å². The summed E-state index contributed by atoms with van der Waals surface area (Å²) in [5.41, 5.74) is 5.75. The molecule has 1 aromatic carbocycles. The van der Waals surface area contributed by atoms with Crippen LogP contribution in [-0.2, 0) is 15.0 Å². The Hall–Kier alpha value is -1.91. The molecule has 1 heterocycles. The van der Waals surface area contributed by atoms with E-state index in [0.29, 0.717) is 25.9 Å². The number of rotatable bonds is 3. The smallest absolute Gasteiger partial charge is 0.233 e. The summed E-state index contributed by atoms with van der Waals surface area (Å²) < 4.78 is 13.1. The predicted molar refractivity (Wildman–Crippen MR) is 80.4 cm³/mol. The van der Waals surface area contributed by atoms with E-state index >= 15 is 0 Å². The Morgan fingerprint density at radius 1 is 1.14 bits per heavy atom. The molecule has 0 aromatic heterocycles. The normalized spacial score (nSPS) is 21.2. The number of amides is 2. The van der Waals surface area contributed by atoms with Crippen molar-refractivity contribution in [3.05, 3.63) is 35.6 Å². The standard InChI is InChI=1S/C17H21FN2O2/c18-14-4-2-13(3-5-14)17(8-1-9-17)16(22)20-10-6-12(7-11-20)15(19)21/h2-5,12H,1,6-11H2,(H2,19,21). The lowest BCUT2D eigenvalue weighted by Crippen LogP contribution is -2.53. The fourth-order valence-corrected chi connectivity index (χ4v) is 3.60. The first kappa shape index (κ1) is 15.0. The molecule has 2 aliphatic rings. The molecule has 118 valence electrons. The first-order valence-electron chi connectivity index (χ1n) is 7.88. The van der Waals surface area contributed by atoms with Gasteiger partial charge < -0.3 is 10.6 Å². The molecule has 0 radical (unpaired) electrons.